The standard InChI is InChI=1S/C8H8N2.C3H6/c9-8-5-6-3-1-2-4-7(6)10-8;1-3-2/h1-5,10H,9H2;3H,1H2,2H3. The van der Waals surface area contributed by atoms with E-state index >= 15 is 0 Å². The number of aromatic amines is 1. The summed E-state index contributed by atoms with van der Waals surface area (Å²) in [4.78, 5) is 3.04. The van der Waals surface area contributed by atoms with Gasteiger partial charge in [-0.25, -0.2) is 0 Å². The SMILES string of the molecule is C=CC.Nc1cc2ccccc2[nH]1. The van der Waals surface area contributed by atoms with Crippen LogP contribution in [0.1, 0.15) is 6.92 Å². The van der Waals surface area contributed by atoms with Crippen molar-refractivity contribution in [1.29, 1.82) is 0 Å². The van der Waals surface area contributed by atoms with Gasteiger partial charge in [0.15, 0.2) is 0 Å². The number of hydrogen-bond donors (Lipinski definition) is 2. The third-order valence-electron chi connectivity index (χ3n) is 1.55. The molecule has 0 amide bonds. The number of nitrogens with one attached hydrogen (secondary N) is 1. The molecule has 0 saturated heterocycles. The van der Waals surface area contributed by atoms with Crippen LogP contribution in [0.2, 0.25) is 0 Å². The Hall–Kier alpha value is -1.70. The van der Waals surface area contributed by atoms with Crippen LogP contribution in [-0.2, 0) is 0 Å². The Kier molecular flexibility index (Phi) is 3.15. The van der Waals surface area contributed by atoms with E-state index in [0.29, 0.717) is 0 Å². The number of benzene rings is 1. The number of H-pyrrole nitrogens is 1. The summed E-state index contributed by atoms with van der Waals surface area (Å²) in [7, 11) is 0. The number of nitrogens with two attached hydrogens (primary N) is 1. The van der Waals surface area contributed by atoms with E-state index in [0.717, 1.165) is 11.3 Å². The number of para-hydroxylation sites is 1. The van der Waals surface area contributed by atoms with Gasteiger partial charge in [-0.1, -0.05) is 24.3 Å². The molecular formula is C11H14N2. The second-order valence-corrected chi connectivity index (χ2v) is 2.72. The summed E-state index contributed by atoms with van der Waals surface area (Å²) in [5.74, 6) is 0.723. The van der Waals surface area contributed by atoms with Crippen LogP contribution in [0.4, 0.5) is 5.82 Å². The molecular weight excluding hydrogens is 160 g/mol. The van der Waals surface area contributed by atoms with E-state index in [1.54, 1.807) is 6.08 Å². The summed E-state index contributed by atoms with van der Waals surface area (Å²) in [6, 6.07) is 9.94. The zero-order chi connectivity index (χ0) is 9.68. The molecule has 3 N–H and O–H groups in total. The molecule has 0 atom stereocenters. The largest absolute Gasteiger partial charge is 0.385 e. The fourth-order valence-electron chi connectivity index (χ4n) is 1.10. The Morgan fingerprint density at radius 2 is 2.00 bits per heavy atom. The second-order valence-electron chi connectivity index (χ2n) is 2.72. The van der Waals surface area contributed by atoms with Crippen LogP contribution in [0, 0.1) is 0 Å². The minimum atomic E-state index is 0.723. The molecule has 0 spiro atoms. The van der Waals surface area contributed by atoms with Crippen LogP contribution in [-0.4, -0.2) is 4.98 Å². The Morgan fingerprint density at radius 3 is 2.62 bits per heavy atom. The molecule has 0 aliphatic rings. The van der Waals surface area contributed by atoms with Crippen LogP contribution < -0.4 is 5.73 Å². The third-order valence-corrected chi connectivity index (χ3v) is 1.55. The molecule has 2 aromatic rings. The zero-order valence-corrected chi connectivity index (χ0v) is 7.75. The highest BCUT2D eigenvalue weighted by atomic mass is 14.8. The van der Waals surface area contributed by atoms with Gasteiger partial charge in [0, 0.05) is 10.9 Å². The van der Waals surface area contributed by atoms with Crippen molar-refractivity contribution in [3.8, 4) is 0 Å². The summed E-state index contributed by atoms with van der Waals surface area (Å²) >= 11 is 0. The molecule has 0 aliphatic carbocycles. The van der Waals surface area contributed by atoms with Gasteiger partial charge >= 0.3 is 0 Å². The first-order valence-corrected chi connectivity index (χ1v) is 4.18. The van der Waals surface area contributed by atoms with Gasteiger partial charge in [-0.3, -0.25) is 0 Å². The van der Waals surface area contributed by atoms with E-state index in [4.69, 9.17) is 5.73 Å². The Balaban J connectivity index is 0.000000251. The van der Waals surface area contributed by atoms with Crippen LogP contribution in [0.25, 0.3) is 10.9 Å². The molecule has 0 unspecified atom stereocenters. The lowest BCUT2D eigenvalue weighted by molar-refractivity contribution is 1.47. The van der Waals surface area contributed by atoms with Gasteiger partial charge in [0.05, 0.1) is 0 Å². The number of fused-ring (bicyclic) bond motifs is 1. The topological polar surface area (TPSA) is 41.8 Å². The first-order chi connectivity index (χ1) is 6.27. The van der Waals surface area contributed by atoms with Crippen molar-refractivity contribution >= 4 is 16.7 Å². The summed E-state index contributed by atoms with van der Waals surface area (Å²) in [5, 5.41) is 1.17. The predicted molar refractivity (Wildman–Crippen MR) is 58.6 cm³/mol. The monoisotopic (exact) mass is 174 g/mol. The molecule has 1 aromatic heterocycles. The minimum Gasteiger partial charge on any atom is -0.385 e. The van der Waals surface area contributed by atoms with Gasteiger partial charge in [-0.2, -0.15) is 0 Å². The number of anilines is 1. The van der Waals surface area contributed by atoms with Gasteiger partial charge in [0.25, 0.3) is 0 Å². The lowest BCUT2D eigenvalue weighted by Crippen LogP contribution is -1.80. The fourth-order valence-corrected chi connectivity index (χ4v) is 1.10. The Bertz CT molecular complexity index is 355. The maximum absolute atomic E-state index is 5.54. The number of nitrogen functional groups attached to an aromatic ring is 1. The van der Waals surface area contributed by atoms with Crippen molar-refractivity contribution < 1.29 is 0 Å². The fraction of sp³-hybridized carbons (Fsp3) is 0.0909. The third kappa shape index (κ3) is 2.37. The maximum Gasteiger partial charge on any atom is 0.101 e. The second kappa shape index (κ2) is 4.36. The van der Waals surface area contributed by atoms with Gasteiger partial charge in [-0.05, 0) is 19.1 Å². The van der Waals surface area contributed by atoms with Crippen molar-refractivity contribution in [3.63, 3.8) is 0 Å². The lowest BCUT2D eigenvalue weighted by atomic mass is 10.3. The first kappa shape index (κ1) is 9.39. The first-order valence-electron chi connectivity index (χ1n) is 4.18. The zero-order valence-electron chi connectivity index (χ0n) is 7.75. The highest BCUT2D eigenvalue weighted by Crippen LogP contribution is 2.14. The summed E-state index contributed by atoms with van der Waals surface area (Å²) in [5.41, 5.74) is 6.63. The van der Waals surface area contributed by atoms with E-state index < -0.39 is 0 Å². The van der Waals surface area contributed by atoms with Crippen molar-refractivity contribution in [3.05, 3.63) is 43.0 Å². The average Bonchev–Trinajstić information content (AvgIpc) is 2.45. The number of aromatic nitrogens is 1. The molecule has 0 radical (unpaired) electrons. The summed E-state index contributed by atoms with van der Waals surface area (Å²) in [6.45, 7) is 5.25. The minimum absolute atomic E-state index is 0.723. The normalized spacial score (nSPS) is 9.00. The van der Waals surface area contributed by atoms with Crippen molar-refractivity contribution in [1.82, 2.24) is 4.98 Å². The van der Waals surface area contributed by atoms with Gasteiger partial charge in [0.2, 0.25) is 0 Å². The average molecular weight is 174 g/mol. The van der Waals surface area contributed by atoms with E-state index in [1.807, 2.05) is 37.3 Å². The molecule has 2 rings (SSSR count). The van der Waals surface area contributed by atoms with Crippen molar-refractivity contribution in [2.45, 2.75) is 6.92 Å². The molecule has 0 bridgehead atoms. The smallest absolute Gasteiger partial charge is 0.101 e. The van der Waals surface area contributed by atoms with Crippen LogP contribution in [0.3, 0.4) is 0 Å². The molecule has 0 fully saturated rings. The Labute approximate surface area is 78.1 Å². The van der Waals surface area contributed by atoms with Crippen LogP contribution in [0.15, 0.2) is 43.0 Å². The van der Waals surface area contributed by atoms with Crippen LogP contribution >= 0.6 is 0 Å². The van der Waals surface area contributed by atoms with Gasteiger partial charge in [0.1, 0.15) is 5.82 Å². The Morgan fingerprint density at radius 1 is 1.38 bits per heavy atom. The molecule has 1 heterocycles. The van der Waals surface area contributed by atoms with E-state index in [1.165, 1.54) is 5.39 Å². The number of hydrogen-bond acceptors (Lipinski definition) is 1. The number of allylic oxidation sites excluding steroid dienone is 1. The van der Waals surface area contributed by atoms with Gasteiger partial charge in [-0.15, -0.1) is 6.58 Å². The molecule has 13 heavy (non-hydrogen) atoms. The molecule has 68 valence electrons. The maximum atomic E-state index is 5.54. The van der Waals surface area contributed by atoms with Gasteiger partial charge < -0.3 is 10.7 Å². The van der Waals surface area contributed by atoms with E-state index in [-0.39, 0.29) is 0 Å². The van der Waals surface area contributed by atoms with Crippen LogP contribution in [0.5, 0.6) is 0 Å². The molecule has 2 heteroatoms. The lowest BCUT2D eigenvalue weighted by Gasteiger charge is -1.83. The van der Waals surface area contributed by atoms with Crippen molar-refractivity contribution in [2.75, 3.05) is 5.73 Å². The summed E-state index contributed by atoms with van der Waals surface area (Å²) in [6.07, 6.45) is 1.75. The van der Waals surface area contributed by atoms with E-state index in [9.17, 15) is 0 Å². The van der Waals surface area contributed by atoms with E-state index in [2.05, 4.69) is 11.6 Å². The quantitative estimate of drug-likeness (QED) is 0.592. The summed E-state index contributed by atoms with van der Waals surface area (Å²) < 4.78 is 0. The molecule has 1 aromatic carbocycles. The predicted octanol–water partition coefficient (Wildman–Crippen LogP) is 2.94. The van der Waals surface area contributed by atoms with Crippen molar-refractivity contribution in [2.24, 2.45) is 0 Å². The highest BCUT2D eigenvalue weighted by molar-refractivity contribution is 5.82. The molecule has 0 saturated carbocycles. The number of rotatable bonds is 0. The molecule has 2 nitrogen and oxygen atoms in total. The molecule has 0 aliphatic heterocycles. The highest BCUT2D eigenvalue weighted by Gasteiger charge is 1.92.